The molecule has 0 aliphatic heterocycles. The first kappa shape index (κ1) is 14.8. The molecule has 0 aliphatic carbocycles. The van der Waals surface area contributed by atoms with Gasteiger partial charge in [-0.2, -0.15) is 0 Å². The number of hydrogen-bond donors (Lipinski definition) is 0. The van der Waals surface area contributed by atoms with Gasteiger partial charge >= 0.3 is 0 Å². The van der Waals surface area contributed by atoms with E-state index in [1.54, 1.807) is 6.07 Å². The topological polar surface area (TPSA) is 17.8 Å². The molecule has 3 rings (SSSR count). The van der Waals surface area contributed by atoms with Gasteiger partial charge in [0.25, 0.3) is 0 Å². The number of benzene rings is 2. The first-order valence-electron chi connectivity index (χ1n) is 6.20. The second-order valence-corrected chi connectivity index (χ2v) is 6.24. The van der Waals surface area contributed by atoms with Crippen LogP contribution in [0.1, 0.15) is 11.4 Å². The van der Waals surface area contributed by atoms with Crippen LogP contribution in [0.15, 0.2) is 34.8 Å². The van der Waals surface area contributed by atoms with E-state index in [-0.39, 0.29) is 10.9 Å². The second-order valence-electron chi connectivity index (χ2n) is 4.71. The van der Waals surface area contributed by atoms with Crippen molar-refractivity contribution in [3.63, 3.8) is 0 Å². The average molecular weight is 388 g/mol. The predicted molar refractivity (Wildman–Crippen MR) is 88.0 cm³/mol. The fraction of sp³-hybridized carbons (Fsp3) is 0.133. The van der Waals surface area contributed by atoms with Crippen molar-refractivity contribution in [3.05, 3.63) is 57.0 Å². The van der Waals surface area contributed by atoms with Crippen molar-refractivity contribution in [2.75, 3.05) is 0 Å². The SMILES string of the molecule is Cc1ccc(Br)c(-n2c(CCl)nc3cc(F)c(Cl)cc32)c1. The van der Waals surface area contributed by atoms with Crippen molar-refractivity contribution in [3.8, 4) is 5.69 Å². The Labute approximate surface area is 139 Å². The number of halogens is 4. The summed E-state index contributed by atoms with van der Waals surface area (Å²) < 4.78 is 16.4. The first-order valence-corrected chi connectivity index (χ1v) is 7.90. The van der Waals surface area contributed by atoms with Gasteiger partial charge in [0.1, 0.15) is 11.6 Å². The summed E-state index contributed by atoms with van der Waals surface area (Å²) in [6.07, 6.45) is 0. The third-order valence-corrected chi connectivity index (χ3v) is 4.43. The molecule has 0 radical (unpaired) electrons. The van der Waals surface area contributed by atoms with E-state index in [9.17, 15) is 4.39 Å². The summed E-state index contributed by atoms with van der Waals surface area (Å²) in [5.74, 6) is 0.367. The molecule has 0 bridgehead atoms. The second kappa shape index (κ2) is 5.59. The zero-order chi connectivity index (χ0) is 15.1. The molecule has 2 aromatic carbocycles. The maximum absolute atomic E-state index is 13.6. The molecule has 0 spiro atoms. The molecule has 0 unspecified atom stereocenters. The fourth-order valence-corrected chi connectivity index (χ4v) is 3.04. The molecule has 0 amide bonds. The van der Waals surface area contributed by atoms with Crippen LogP contribution in [0.25, 0.3) is 16.7 Å². The van der Waals surface area contributed by atoms with Gasteiger partial charge in [-0.25, -0.2) is 9.37 Å². The summed E-state index contributed by atoms with van der Waals surface area (Å²) >= 11 is 15.4. The van der Waals surface area contributed by atoms with Crippen LogP contribution in [0.2, 0.25) is 5.02 Å². The molecule has 6 heteroatoms. The Morgan fingerprint density at radius 2 is 2.05 bits per heavy atom. The van der Waals surface area contributed by atoms with Gasteiger partial charge in [0, 0.05) is 10.5 Å². The van der Waals surface area contributed by atoms with Crippen LogP contribution in [0, 0.1) is 12.7 Å². The summed E-state index contributed by atoms with van der Waals surface area (Å²) in [7, 11) is 0. The number of aryl methyl sites for hydroxylation is 1. The minimum absolute atomic E-state index is 0.0635. The van der Waals surface area contributed by atoms with E-state index in [1.165, 1.54) is 6.07 Å². The van der Waals surface area contributed by atoms with Crippen LogP contribution in [-0.2, 0) is 5.88 Å². The Kier molecular flexibility index (Phi) is 3.95. The van der Waals surface area contributed by atoms with E-state index in [1.807, 2.05) is 29.7 Å². The van der Waals surface area contributed by atoms with E-state index in [0.717, 1.165) is 21.2 Å². The van der Waals surface area contributed by atoms with Gasteiger partial charge in [0.15, 0.2) is 0 Å². The van der Waals surface area contributed by atoms with Gasteiger partial charge in [-0.1, -0.05) is 17.7 Å². The Morgan fingerprint density at radius 1 is 1.29 bits per heavy atom. The third-order valence-electron chi connectivity index (χ3n) is 3.23. The molecule has 3 aromatic rings. The lowest BCUT2D eigenvalue weighted by molar-refractivity contribution is 0.630. The molecule has 0 atom stereocenters. The van der Waals surface area contributed by atoms with Crippen molar-refractivity contribution < 1.29 is 4.39 Å². The van der Waals surface area contributed by atoms with Crippen molar-refractivity contribution in [2.45, 2.75) is 12.8 Å². The summed E-state index contributed by atoms with van der Waals surface area (Å²) in [5, 5.41) is 0.0635. The van der Waals surface area contributed by atoms with Crippen LogP contribution in [-0.4, -0.2) is 9.55 Å². The minimum Gasteiger partial charge on any atom is -0.294 e. The average Bonchev–Trinajstić information content (AvgIpc) is 2.79. The molecular weight excluding hydrogens is 378 g/mol. The van der Waals surface area contributed by atoms with Gasteiger partial charge in [-0.3, -0.25) is 4.57 Å². The van der Waals surface area contributed by atoms with Gasteiger partial charge in [0.2, 0.25) is 0 Å². The van der Waals surface area contributed by atoms with Crippen molar-refractivity contribution in [2.24, 2.45) is 0 Å². The minimum atomic E-state index is -0.488. The number of aromatic nitrogens is 2. The fourth-order valence-electron chi connectivity index (χ4n) is 2.28. The largest absolute Gasteiger partial charge is 0.294 e. The van der Waals surface area contributed by atoms with Gasteiger partial charge in [0.05, 0.1) is 27.6 Å². The standard InChI is InChI=1S/C15H10BrCl2FN2/c1-8-2-3-9(16)13(4-8)21-14-5-10(18)11(19)6-12(14)20-15(21)7-17/h2-6H,7H2,1H3. The number of alkyl halides is 1. The Balaban J connectivity index is 2.40. The van der Waals surface area contributed by atoms with Crippen LogP contribution in [0.4, 0.5) is 4.39 Å². The van der Waals surface area contributed by atoms with Gasteiger partial charge in [-0.15, -0.1) is 11.6 Å². The summed E-state index contributed by atoms with van der Waals surface area (Å²) in [6.45, 7) is 2.00. The Bertz CT molecular complexity index is 845. The molecule has 0 N–H and O–H groups in total. The third kappa shape index (κ3) is 2.56. The quantitative estimate of drug-likeness (QED) is 0.521. The highest BCUT2D eigenvalue weighted by Crippen LogP contribution is 2.31. The maximum atomic E-state index is 13.6. The van der Waals surface area contributed by atoms with Crippen LogP contribution in [0.3, 0.4) is 0 Å². The smallest absolute Gasteiger partial charge is 0.144 e. The molecule has 2 nitrogen and oxygen atoms in total. The molecule has 1 heterocycles. The molecule has 21 heavy (non-hydrogen) atoms. The molecule has 0 aliphatic rings. The van der Waals surface area contributed by atoms with E-state index in [0.29, 0.717) is 11.3 Å². The zero-order valence-corrected chi connectivity index (χ0v) is 14.1. The van der Waals surface area contributed by atoms with Crippen molar-refractivity contribution >= 4 is 50.2 Å². The summed E-state index contributed by atoms with van der Waals surface area (Å²) in [5.41, 5.74) is 3.25. The first-order chi connectivity index (χ1) is 10.0. The summed E-state index contributed by atoms with van der Waals surface area (Å²) in [4.78, 5) is 4.39. The van der Waals surface area contributed by atoms with E-state index in [4.69, 9.17) is 23.2 Å². The Hall–Kier alpha value is -1.10. The number of hydrogen-bond acceptors (Lipinski definition) is 1. The lowest BCUT2D eigenvalue weighted by atomic mass is 10.2. The van der Waals surface area contributed by atoms with Crippen LogP contribution < -0.4 is 0 Å². The maximum Gasteiger partial charge on any atom is 0.144 e. The monoisotopic (exact) mass is 386 g/mol. The lowest BCUT2D eigenvalue weighted by Gasteiger charge is -2.11. The number of rotatable bonds is 2. The molecular formula is C15H10BrCl2FN2. The van der Waals surface area contributed by atoms with Gasteiger partial charge in [-0.05, 0) is 46.6 Å². The highest BCUT2D eigenvalue weighted by Gasteiger charge is 2.16. The highest BCUT2D eigenvalue weighted by atomic mass is 79.9. The summed E-state index contributed by atoms with van der Waals surface area (Å²) in [6, 6.07) is 8.87. The molecule has 0 saturated carbocycles. The number of nitrogens with zero attached hydrogens (tertiary/aromatic N) is 2. The van der Waals surface area contributed by atoms with Gasteiger partial charge < -0.3 is 0 Å². The normalized spacial score (nSPS) is 11.3. The van der Waals surface area contributed by atoms with Crippen LogP contribution in [0.5, 0.6) is 0 Å². The zero-order valence-electron chi connectivity index (χ0n) is 11.0. The molecule has 0 saturated heterocycles. The highest BCUT2D eigenvalue weighted by molar-refractivity contribution is 9.10. The number of imidazole rings is 1. The predicted octanol–water partition coefficient (Wildman–Crippen LogP) is 5.63. The Morgan fingerprint density at radius 3 is 2.76 bits per heavy atom. The van der Waals surface area contributed by atoms with E-state index >= 15 is 0 Å². The number of fused-ring (bicyclic) bond motifs is 1. The molecule has 1 aromatic heterocycles. The van der Waals surface area contributed by atoms with E-state index < -0.39 is 5.82 Å². The lowest BCUT2D eigenvalue weighted by Crippen LogP contribution is -2.01. The van der Waals surface area contributed by atoms with Crippen LogP contribution >= 0.6 is 39.1 Å². The molecule has 108 valence electrons. The molecule has 0 fully saturated rings. The van der Waals surface area contributed by atoms with Crippen molar-refractivity contribution in [1.29, 1.82) is 0 Å². The van der Waals surface area contributed by atoms with E-state index in [2.05, 4.69) is 20.9 Å². The van der Waals surface area contributed by atoms with Crippen molar-refractivity contribution in [1.82, 2.24) is 9.55 Å².